The number of aromatic nitrogens is 1. The Labute approximate surface area is 142 Å². The second kappa shape index (κ2) is 6.68. The first-order chi connectivity index (χ1) is 12.0. The van der Waals surface area contributed by atoms with Gasteiger partial charge >= 0.3 is 11.8 Å². The molecule has 0 atom stereocenters. The van der Waals surface area contributed by atoms with Crippen molar-refractivity contribution in [3.05, 3.63) is 58.3 Å². The molecule has 1 aromatic heterocycles. The number of halogens is 1. The number of rotatable bonds is 4. The topological polar surface area (TPSA) is 85.5 Å². The van der Waals surface area contributed by atoms with E-state index in [-0.39, 0.29) is 6.54 Å². The van der Waals surface area contributed by atoms with E-state index in [1.165, 1.54) is 23.8 Å². The number of methoxy groups -OCH3 is 1. The molecule has 0 bridgehead atoms. The standard InChI is InChI=1S/C17H16FN3O4/c1-21-14-4-3-12(8-15(14)25-17(21)23)20-16(22)19-9-10-5-11(18)7-13(6-10)24-2/h3-8H,9H2,1-2H3,(H2,19,20,22). The van der Waals surface area contributed by atoms with Gasteiger partial charge in [0.1, 0.15) is 11.6 Å². The van der Waals surface area contributed by atoms with E-state index in [1.807, 2.05) is 0 Å². The zero-order chi connectivity index (χ0) is 18.0. The Bertz CT molecular complexity index is 993. The molecule has 0 saturated carbocycles. The zero-order valence-electron chi connectivity index (χ0n) is 13.6. The van der Waals surface area contributed by atoms with Crippen LogP contribution in [-0.4, -0.2) is 17.7 Å². The molecule has 0 spiro atoms. The minimum Gasteiger partial charge on any atom is -0.497 e. The van der Waals surface area contributed by atoms with Gasteiger partial charge in [-0.3, -0.25) is 4.57 Å². The highest BCUT2D eigenvalue weighted by Gasteiger charge is 2.09. The van der Waals surface area contributed by atoms with Gasteiger partial charge in [-0.15, -0.1) is 0 Å². The first kappa shape index (κ1) is 16.6. The lowest BCUT2D eigenvalue weighted by molar-refractivity contribution is 0.251. The monoisotopic (exact) mass is 345 g/mol. The van der Waals surface area contributed by atoms with Gasteiger partial charge in [-0.25, -0.2) is 14.0 Å². The quantitative estimate of drug-likeness (QED) is 0.761. The third-order valence-corrected chi connectivity index (χ3v) is 3.67. The van der Waals surface area contributed by atoms with Crippen LogP contribution >= 0.6 is 0 Å². The van der Waals surface area contributed by atoms with Crippen LogP contribution in [0, 0.1) is 5.82 Å². The third-order valence-electron chi connectivity index (χ3n) is 3.67. The maximum atomic E-state index is 13.4. The molecule has 2 aromatic carbocycles. The van der Waals surface area contributed by atoms with E-state index < -0.39 is 17.6 Å². The Morgan fingerprint density at radius 1 is 1.28 bits per heavy atom. The Kier molecular flexibility index (Phi) is 4.42. The number of hydrogen-bond acceptors (Lipinski definition) is 4. The highest BCUT2D eigenvalue weighted by atomic mass is 19.1. The zero-order valence-corrected chi connectivity index (χ0v) is 13.6. The smallest absolute Gasteiger partial charge is 0.419 e. The molecule has 130 valence electrons. The third kappa shape index (κ3) is 3.63. The van der Waals surface area contributed by atoms with E-state index in [0.29, 0.717) is 28.1 Å². The van der Waals surface area contributed by atoms with Crippen molar-refractivity contribution < 1.29 is 18.3 Å². The highest BCUT2D eigenvalue weighted by molar-refractivity contribution is 5.91. The van der Waals surface area contributed by atoms with Gasteiger partial charge < -0.3 is 19.8 Å². The van der Waals surface area contributed by atoms with Gasteiger partial charge in [0.25, 0.3) is 0 Å². The van der Waals surface area contributed by atoms with E-state index in [4.69, 9.17) is 9.15 Å². The Morgan fingerprint density at radius 3 is 2.84 bits per heavy atom. The summed E-state index contributed by atoms with van der Waals surface area (Å²) in [6.45, 7) is 0.128. The molecular formula is C17H16FN3O4. The molecule has 0 aliphatic rings. The summed E-state index contributed by atoms with van der Waals surface area (Å²) < 4.78 is 24.8. The van der Waals surface area contributed by atoms with Crippen LogP contribution in [0.5, 0.6) is 5.75 Å². The van der Waals surface area contributed by atoms with Crippen molar-refractivity contribution in [2.24, 2.45) is 7.05 Å². The maximum Gasteiger partial charge on any atom is 0.419 e. The van der Waals surface area contributed by atoms with Gasteiger partial charge in [0.15, 0.2) is 5.58 Å². The first-order valence-electron chi connectivity index (χ1n) is 7.44. The second-order valence-corrected chi connectivity index (χ2v) is 5.42. The van der Waals surface area contributed by atoms with Crippen LogP contribution in [0.15, 0.2) is 45.6 Å². The molecule has 0 aliphatic heterocycles. The lowest BCUT2D eigenvalue weighted by Gasteiger charge is -2.09. The summed E-state index contributed by atoms with van der Waals surface area (Å²) >= 11 is 0. The van der Waals surface area contributed by atoms with Crippen LogP contribution < -0.4 is 21.1 Å². The fourth-order valence-electron chi connectivity index (χ4n) is 2.41. The van der Waals surface area contributed by atoms with Gasteiger partial charge in [-0.2, -0.15) is 0 Å². The van der Waals surface area contributed by atoms with Crippen LogP contribution in [0.2, 0.25) is 0 Å². The number of amides is 2. The summed E-state index contributed by atoms with van der Waals surface area (Å²) in [6, 6.07) is 8.62. The number of hydrogen-bond donors (Lipinski definition) is 2. The van der Waals surface area contributed by atoms with Gasteiger partial charge in [-0.1, -0.05) is 0 Å². The van der Waals surface area contributed by atoms with Crippen molar-refractivity contribution in [2.75, 3.05) is 12.4 Å². The molecule has 2 amide bonds. The van der Waals surface area contributed by atoms with Gasteiger partial charge in [0, 0.05) is 31.4 Å². The largest absolute Gasteiger partial charge is 0.497 e. The minimum atomic E-state index is -0.475. The lowest BCUT2D eigenvalue weighted by Crippen LogP contribution is -2.28. The first-order valence-corrected chi connectivity index (χ1v) is 7.44. The summed E-state index contributed by atoms with van der Waals surface area (Å²) in [5, 5.41) is 5.25. The van der Waals surface area contributed by atoms with Gasteiger partial charge in [0.2, 0.25) is 0 Å². The lowest BCUT2D eigenvalue weighted by atomic mass is 10.2. The van der Waals surface area contributed by atoms with Crippen LogP contribution in [0.25, 0.3) is 11.1 Å². The number of aryl methyl sites for hydroxylation is 1. The Hall–Kier alpha value is -3.29. The fraction of sp³-hybridized carbons (Fsp3) is 0.176. The summed E-state index contributed by atoms with van der Waals surface area (Å²) in [5.74, 6) is -0.542. The van der Waals surface area contributed by atoms with Crippen LogP contribution in [-0.2, 0) is 13.6 Å². The number of benzene rings is 2. The van der Waals surface area contributed by atoms with E-state index in [0.717, 1.165) is 0 Å². The van der Waals surface area contributed by atoms with Crippen molar-refractivity contribution in [1.82, 2.24) is 9.88 Å². The van der Waals surface area contributed by atoms with Crippen molar-refractivity contribution in [3.63, 3.8) is 0 Å². The molecule has 0 unspecified atom stereocenters. The summed E-state index contributed by atoms with van der Waals surface area (Å²) in [7, 11) is 3.04. The molecule has 25 heavy (non-hydrogen) atoms. The Morgan fingerprint density at radius 2 is 2.08 bits per heavy atom. The van der Waals surface area contributed by atoms with E-state index in [2.05, 4.69) is 10.6 Å². The summed E-state index contributed by atoms with van der Waals surface area (Å²) in [6.07, 6.45) is 0. The highest BCUT2D eigenvalue weighted by Crippen LogP contribution is 2.18. The van der Waals surface area contributed by atoms with E-state index >= 15 is 0 Å². The summed E-state index contributed by atoms with van der Waals surface area (Å²) in [4.78, 5) is 23.5. The molecule has 3 rings (SSSR count). The summed E-state index contributed by atoms with van der Waals surface area (Å²) in [5.41, 5.74) is 2.04. The average Bonchev–Trinajstić information content (AvgIpc) is 2.86. The van der Waals surface area contributed by atoms with Crippen LogP contribution in [0.1, 0.15) is 5.56 Å². The molecule has 0 aliphatic carbocycles. The molecule has 8 heteroatoms. The number of carbonyl (C=O) groups excluding carboxylic acids is 1. The number of nitrogens with zero attached hydrogens (tertiary/aromatic N) is 1. The predicted octanol–water partition coefficient (Wildman–Crippen LogP) is 2.60. The number of oxazole rings is 1. The van der Waals surface area contributed by atoms with Crippen molar-refractivity contribution >= 4 is 22.8 Å². The Balaban J connectivity index is 1.66. The van der Waals surface area contributed by atoms with Crippen LogP contribution in [0.3, 0.4) is 0 Å². The minimum absolute atomic E-state index is 0.128. The van der Waals surface area contributed by atoms with E-state index in [1.54, 1.807) is 31.3 Å². The number of carbonyl (C=O) groups is 1. The molecular weight excluding hydrogens is 329 g/mol. The number of anilines is 1. The normalized spacial score (nSPS) is 10.7. The number of ether oxygens (including phenoxy) is 1. The van der Waals surface area contributed by atoms with Crippen molar-refractivity contribution in [1.29, 1.82) is 0 Å². The van der Waals surface area contributed by atoms with E-state index in [9.17, 15) is 14.0 Å². The molecule has 0 saturated heterocycles. The molecule has 2 N–H and O–H groups in total. The van der Waals surface area contributed by atoms with Crippen LogP contribution in [0.4, 0.5) is 14.9 Å². The average molecular weight is 345 g/mol. The van der Waals surface area contributed by atoms with Crippen molar-refractivity contribution in [2.45, 2.75) is 6.54 Å². The molecule has 0 radical (unpaired) electrons. The molecule has 7 nitrogen and oxygen atoms in total. The number of nitrogens with one attached hydrogen (secondary N) is 2. The SMILES string of the molecule is COc1cc(F)cc(CNC(=O)Nc2ccc3c(c2)oc(=O)n3C)c1. The number of urea groups is 1. The van der Waals surface area contributed by atoms with Gasteiger partial charge in [-0.05, 0) is 29.8 Å². The molecule has 0 fully saturated rings. The maximum absolute atomic E-state index is 13.4. The molecule has 3 aromatic rings. The van der Waals surface area contributed by atoms with Gasteiger partial charge in [0.05, 0.1) is 12.6 Å². The second-order valence-electron chi connectivity index (χ2n) is 5.42. The van der Waals surface area contributed by atoms with Crippen molar-refractivity contribution in [3.8, 4) is 5.75 Å². The number of fused-ring (bicyclic) bond motifs is 1. The molecule has 1 heterocycles. The fourth-order valence-corrected chi connectivity index (χ4v) is 2.41. The predicted molar refractivity (Wildman–Crippen MR) is 90.3 cm³/mol.